The Balaban J connectivity index is 1.41. The van der Waals surface area contributed by atoms with Crippen LogP contribution in [-0.2, 0) is 4.84 Å². The third kappa shape index (κ3) is 4.06. The van der Waals surface area contributed by atoms with Gasteiger partial charge in [0.25, 0.3) is 0 Å². The monoisotopic (exact) mass is 467 g/mol. The van der Waals surface area contributed by atoms with E-state index in [-0.39, 0.29) is 24.3 Å². The van der Waals surface area contributed by atoms with Crippen LogP contribution in [0, 0.1) is 25.5 Å². The highest BCUT2D eigenvalue weighted by atomic mass is 19.1. The van der Waals surface area contributed by atoms with Crippen LogP contribution < -0.4 is 10.1 Å². The van der Waals surface area contributed by atoms with Gasteiger partial charge in [-0.3, -0.25) is 0 Å². The zero-order valence-electron chi connectivity index (χ0n) is 19.4. The molecule has 3 heterocycles. The largest absolute Gasteiger partial charge is 0.495 e. The molecule has 3 aromatic rings. The van der Waals surface area contributed by atoms with Crippen LogP contribution in [-0.4, -0.2) is 40.7 Å². The molecule has 2 aliphatic heterocycles. The van der Waals surface area contributed by atoms with E-state index in [1.54, 1.807) is 13.4 Å². The first kappa shape index (κ1) is 22.2. The van der Waals surface area contributed by atoms with Crippen molar-refractivity contribution in [3.63, 3.8) is 0 Å². The van der Waals surface area contributed by atoms with Gasteiger partial charge in [-0.2, -0.15) is 0 Å². The van der Waals surface area contributed by atoms with Crippen LogP contribution in [0.3, 0.4) is 0 Å². The van der Waals surface area contributed by atoms with Crippen molar-refractivity contribution in [3.8, 4) is 11.4 Å². The van der Waals surface area contributed by atoms with E-state index in [0.29, 0.717) is 18.1 Å². The molecule has 0 radical (unpaired) electrons. The van der Waals surface area contributed by atoms with Crippen molar-refractivity contribution < 1.29 is 18.4 Å². The Bertz CT molecular complexity index is 1220. The second-order valence-electron chi connectivity index (χ2n) is 8.72. The molecule has 2 aromatic carbocycles. The van der Waals surface area contributed by atoms with Crippen LogP contribution in [0.25, 0.3) is 5.69 Å². The van der Waals surface area contributed by atoms with Gasteiger partial charge in [-0.25, -0.2) is 13.8 Å². The van der Waals surface area contributed by atoms with Crippen LogP contribution in [0.1, 0.15) is 47.3 Å². The van der Waals surface area contributed by atoms with Gasteiger partial charge < -0.3 is 24.4 Å². The number of ether oxygens (including phenoxy) is 1. The molecule has 2 aliphatic rings. The number of hydrogen-bond acceptors (Lipinski definition) is 6. The number of halogens is 2. The SMILES string of the molecule is COc1cc(C2CCCN3C(=NOCC3c3cc(F)c(C)c(F)c3)N2)ccc1-n1cnc(C)c1. The Kier molecular flexibility index (Phi) is 5.85. The lowest BCUT2D eigenvalue weighted by Gasteiger charge is -2.36. The van der Waals surface area contributed by atoms with Crippen LogP contribution in [0.15, 0.2) is 48.0 Å². The molecule has 0 spiro atoms. The fraction of sp³-hybridized carbons (Fsp3) is 0.360. The van der Waals surface area contributed by atoms with Gasteiger partial charge in [0, 0.05) is 18.3 Å². The summed E-state index contributed by atoms with van der Waals surface area (Å²) in [6.45, 7) is 4.30. The minimum absolute atomic E-state index is 0.0201. The van der Waals surface area contributed by atoms with E-state index in [0.717, 1.165) is 35.5 Å². The molecular weight excluding hydrogens is 440 g/mol. The van der Waals surface area contributed by atoms with Crippen molar-refractivity contribution in [1.82, 2.24) is 19.8 Å². The summed E-state index contributed by atoms with van der Waals surface area (Å²) in [4.78, 5) is 11.8. The minimum Gasteiger partial charge on any atom is -0.495 e. The zero-order valence-corrected chi connectivity index (χ0v) is 19.4. The number of fused-ring (bicyclic) bond motifs is 1. The summed E-state index contributed by atoms with van der Waals surface area (Å²) in [5.74, 6) is 0.191. The molecule has 0 amide bonds. The molecule has 178 valence electrons. The molecule has 0 bridgehead atoms. The molecule has 0 saturated carbocycles. The van der Waals surface area contributed by atoms with E-state index < -0.39 is 11.6 Å². The van der Waals surface area contributed by atoms with Gasteiger partial charge in [-0.1, -0.05) is 6.07 Å². The van der Waals surface area contributed by atoms with Gasteiger partial charge in [-0.05, 0) is 67.2 Å². The summed E-state index contributed by atoms with van der Waals surface area (Å²) < 4.78 is 36.1. The number of rotatable bonds is 4. The van der Waals surface area contributed by atoms with Crippen molar-refractivity contribution in [3.05, 3.63) is 76.9 Å². The maximum atomic E-state index is 14.2. The van der Waals surface area contributed by atoms with E-state index >= 15 is 0 Å². The van der Waals surface area contributed by atoms with Gasteiger partial charge in [0.1, 0.15) is 24.0 Å². The van der Waals surface area contributed by atoms with Crippen LogP contribution >= 0.6 is 0 Å². The number of guanidine groups is 1. The molecular formula is C25H27F2N5O2. The minimum atomic E-state index is -0.556. The van der Waals surface area contributed by atoms with E-state index in [9.17, 15) is 8.78 Å². The topological polar surface area (TPSA) is 63.9 Å². The third-order valence-corrected chi connectivity index (χ3v) is 6.51. The fourth-order valence-electron chi connectivity index (χ4n) is 4.58. The van der Waals surface area contributed by atoms with Crippen LogP contribution in [0.2, 0.25) is 0 Å². The predicted octanol–water partition coefficient (Wildman–Crippen LogP) is 4.54. The molecule has 0 aliphatic carbocycles. The van der Waals surface area contributed by atoms with Crippen LogP contribution in [0.5, 0.6) is 5.75 Å². The summed E-state index contributed by atoms with van der Waals surface area (Å²) in [5, 5.41) is 7.71. The van der Waals surface area contributed by atoms with Gasteiger partial charge in [0.2, 0.25) is 5.96 Å². The third-order valence-electron chi connectivity index (χ3n) is 6.51. The first-order valence-corrected chi connectivity index (χ1v) is 11.3. The quantitative estimate of drug-likeness (QED) is 0.610. The van der Waals surface area contributed by atoms with Crippen molar-refractivity contribution >= 4 is 5.96 Å². The van der Waals surface area contributed by atoms with Crippen molar-refractivity contribution in [2.24, 2.45) is 5.16 Å². The molecule has 1 fully saturated rings. The molecule has 1 aromatic heterocycles. The van der Waals surface area contributed by atoms with Crippen molar-refractivity contribution in [2.45, 2.75) is 38.8 Å². The number of nitrogens with zero attached hydrogens (tertiary/aromatic N) is 4. The molecule has 34 heavy (non-hydrogen) atoms. The summed E-state index contributed by atoms with van der Waals surface area (Å²) in [5.41, 5.74) is 3.44. The number of benzene rings is 2. The molecule has 1 N–H and O–H groups in total. The fourth-order valence-corrected chi connectivity index (χ4v) is 4.58. The average molecular weight is 468 g/mol. The van der Waals surface area contributed by atoms with Crippen molar-refractivity contribution in [2.75, 3.05) is 20.3 Å². The Labute approximate surface area is 197 Å². The van der Waals surface area contributed by atoms with Crippen molar-refractivity contribution in [1.29, 1.82) is 0 Å². The molecule has 5 rings (SSSR count). The lowest BCUT2D eigenvalue weighted by molar-refractivity contribution is 0.0578. The van der Waals surface area contributed by atoms with Gasteiger partial charge >= 0.3 is 0 Å². The summed E-state index contributed by atoms with van der Waals surface area (Å²) in [6.07, 6.45) is 5.43. The maximum absolute atomic E-state index is 14.2. The highest BCUT2D eigenvalue weighted by molar-refractivity contribution is 5.81. The van der Waals surface area contributed by atoms with Crippen LogP contribution in [0.4, 0.5) is 8.78 Å². The molecule has 2 unspecified atom stereocenters. The molecule has 7 nitrogen and oxygen atoms in total. The molecule has 9 heteroatoms. The lowest BCUT2D eigenvalue weighted by atomic mass is 10.0. The number of methoxy groups -OCH3 is 1. The number of nitrogens with one attached hydrogen (secondary N) is 1. The smallest absolute Gasteiger partial charge is 0.237 e. The zero-order chi connectivity index (χ0) is 23.8. The highest BCUT2D eigenvalue weighted by Gasteiger charge is 2.33. The maximum Gasteiger partial charge on any atom is 0.237 e. The van der Waals surface area contributed by atoms with E-state index in [4.69, 9.17) is 9.57 Å². The molecule has 1 saturated heterocycles. The van der Waals surface area contributed by atoms with E-state index in [2.05, 4.69) is 21.5 Å². The second kappa shape index (κ2) is 8.96. The number of aryl methyl sites for hydroxylation is 1. The normalized spacial score (nSPS) is 20.0. The summed E-state index contributed by atoms with van der Waals surface area (Å²) in [6, 6.07) is 8.52. The Morgan fingerprint density at radius 2 is 1.91 bits per heavy atom. The summed E-state index contributed by atoms with van der Waals surface area (Å²) >= 11 is 0. The van der Waals surface area contributed by atoms with Gasteiger partial charge in [0.15, 0.2) is 0 Å². The highest BCUT2D eigenvalue weighted by Crippen LogP contribution is 2.33. The van der Waals surface area contributed by atoms with E-state index in [1.807, 2.05) is 34.7 Å². The van der Waals surface area contributed by atoms with Gasteiger partial charge in [-0.15, -0.1) is 0 Å². The predicted molar refractivity (Wildman–Crippen MR) is 124 cm³/mol. The summed E-state index contributed by atoms with van der Waals surface area (Å²) in [7, 11) is 1.65. The Morgan fingerprint density at radius 3 is 2.62 bits per heavy atom. The Hall–Kier alpha value is -3.62. The number of imidazole rings is 1. The van der Waals surface area contributed by atoms with E-state index in [1.165, 1.54) is 19.1 Å². The Morgan fingerprint density at radius 1 is 1.12 bits per heavy atom. The molecule has 2 atom stereocenters. The first-order valence-electron chi connectivity index (χ1n) is 11.3. The average Bonchev–Trinajstić information content (AvgIpc) is 3.15. The number of hydrogen-bond donors (Lipinski definition) is 1. The first-order chi connectivity index (χ1) is 16.4. The second-order valence-corrected chi connectivity index (χ2v) is 8.72. The standard InChI is InChI=1S/C25H27F2N5O2/c1-15-12-31(14-28-15)22-7-6-17(11-24(22)33-3)21-5-4-8-32-23(13-34-30-25(32)29-21)18-9-19(26)16(2)20(27)10-18/h6-7,9-12,14,21,23H,4-5,8,13H2,1-3H3,(H,29,30). The number of aromatic nitrogens is 2. The number of oxime groups is 1. The van der Waals surface area contributed by atoms with Gasteiger partial charge in [0.05, 0.1) is 36.9 Å². The lowest BCUT2D eigenvalue weighted by Crippen LogP contribution is -2.46.